The van der Waals surface area contributed by atoms with Crippen molar-refractivity contribution in [1.29, 1.82) is 0 Å². The molecule has 1 amide bonds. The minimum absolute atomic E-state index is 0.0904. The highest BCUT2D eigenvalue weighted by atomic mass is 35.5. The zero-order chi connectivity index (χ0) is 19.2. The molecule has 0 heterocycles. The van der Waals surface area contributed by atoms with Crippen molar-refractivity contribution in [2.45, 2.75) is 6.54 Å². The molecule has 0 aliphatic carbocycles. The molecule has 6 nitrogen and oxygen atoms in total. The highest BCUT2D eigenvalue weighted by molar-refractivity contribution is 7.88. The summed E-state index contributed by atoms with van der Waals surface area (Å²) in [5.74, 6) is -0.578. The normalized spacial score (nSPS) is 11.8. The van der Waals surface area contributed by atoms with E-state index in [0.717, 1.165) is 16.1 Å². The Hall–Kier alpha value is -1.93. The maximum atomic E-state index is 12.1. The topological polar surface area (TPSA) is 78.8 Å². The Morgan fingerprint density at radius 1 is 1.12 bits per heavy atom. The van der Waals surface area contributed by atoms with Crippen LogP contribution in [0.15, 0.2) is 53.6 Å². The predicted molar refractivity (Wildman–Crippen MR) is 104 cm³/mol. The van der Waals surface area contributed by atoms with Crippen LogP contribution in [0.5, 0.6) is 0 Å². The van der Waals surface area contributed by atoms with Crippen LogP contribution in [0.25, 0.3) is 0 Å². The van der Waals surface area contributed by atoms with Crippen molar-refractivity contribution in [2.24, 2.45) is 5.10 Å². The van der Waals surface area contributed by atoms with Gasteiger partial charge in [-0.05, 0) is 17.7 Å². The van der Waals surface area contributed by atoms with E-state index in [1.807, 2.05) is 6.07 Å². The fourth-order valence-electron chi connectivity index (χ4n) is 2.08. The first-order valence-electron chi connectivity index (χ1n) is 7.52. The number of nitrogens with zero attached hydrogens (tertiary/aromatic N) is 2. The third-order valence-electron chi connectivity index (χ3n) is 3.37. The van der Waals surface area contributed by atoms with Gasteiger partial charge in [-0.3, -0.25) is 4.79 Å². The van der Waals surface area contributed by atoms with Gasteiger partial charge < -0.3 is 0 Å². The molecule has 138 valence electrons. The zero-order valence-electron chi connectivity index (χ0n) is 13.9. The average molecular weight is 414 g/mol. The fourth-order valence-corrected chi connectivity index (χ4v) is 3.31. The first-order valence-corrected chi connectivity index (χ1v) is 10.1. The number of sulfonamides is 1. The van der Waals surface area contributed by atoms with Crippen LogP contribution in [-0.4, -0.2) is 37.6 Å². The molecule has 1 N–H and O–H groups in total. The molecule has 0 spiro atoms. The molecule has 9 heteroatoms. The Balaban J connectivity index is 2.02. The van der Waals surface area contributed by atoms with E-state index < -0.39 is 15.9 Å². The summed E-state index contributed by atoms with van der Waals surface area (Å²) < 4.78 is 24.9. The highest BCUT2D eigenvalue weighted by Gasteiger charge is 2.20. The van der Waals surface area contributed by atoms with E-state index in [1.165, 1.54) is 6.21 Å². The summed E-state index contributed by atoms with van der Waals surface area (Å²) in [4.78, 5) is 12.1. The number of rotatable bonds is 7. The van der Waals surface area contributed by atoms with Crippen molar-refractivity contribution < 1.29 is 13.2 Å². The summed E-state index contributed by atoms with van der Waals surface area (Å²) >= 11 is 12.0. The van der Waals surface area contributed by atoms with Gasteiger partial charge in [-0.25, -0.2) is 13.8 Å². The van der Waals surface area contributed by atoms with E-state index in [9.17, 15) is 13.2 Å². The monoisotopic (exact) mass is 413 g/mol. The number of nitrogens with one attached hydrogen (secondary N) is 1. The summed E-state index contributed by atoms with van der Waals surface area (Å²) in [7, 11) is -3.57. The van der Waals surface area contributed by atoms with Gasteiger partial charge in [0.2, 0.25) is 10.0 Å². The minimum atomic E-state index is -3.57. The summed E-state index contributed by atoms with van der Waals surface area (Å²) in [6.07, 6.45) is 2.36. The predicted octanol–water partition coefficient (Wildman–Crippen LogP) is 2.91. The lowest BCUT2D eigenvalue weighted by Crippen LogP contribution is -2.38. The lowest BCUT2D eigenvalue weighted by molar-refractivity contribution is -0.121. The van der Waals surface area contributed by atoms with Crippen LogP contribution in [0.1, 0.15) is 11.1 Å². The molecule has 0 bridgehead atoms. The molecular weight excluding hydrogens is 397 g/mol. The van der Waals surface area contributed by atoms with Crippen molar-refractivity contribution in [3.05, 3.63) is 69.7 Å². The molecule has 0 aliphatic rings. The summed E-state index contributed by atoms with van der Waals surface area (Å²) in [6, 6.07) is 14.0. The van der Waals surface area contributed by atoms with E-state index in [1.54, 1.807) is 42.5 Å². The van der Waals surface area contributed by atoms with Crippen LogP contribution in [0.3, 0.4) is 0 Å². The first-order chi connectivity index (χ1) is 12.3. The minimum Gasteiger partial charge on any atom is -0.272 e. The molecule has 26 heavy (non-hydrogen) atoms. The van der Waals surface area contributed by atoms with Crippen LogP contribution in [0.2, 0.25) is 10.0 Å². The maximum Gasteiger partial charge on any atom is 0.255 e. The Bertz CT molecular complexity index is 882. The molecule has 0 unspecified atom stereocenters. The van der Waals surface area contributed by atoms with Crippen molar-refractivity contribution in [3.8, 4) is 0 Å². The largest absolute Gasteiger partial charge is 0.272 e. The van der Waals surface area contributed by atoms with Gasteiger partial charge in [0.1, 0.15) is 0 Å². The first kappa shape index (κ1) is 20.4. The fraction of sp³-hybridized carbons (Fsp3) is 0.176. The molecule has 0 radical (unpaired) electrons. The third-order valence-corrected chi connectivity index (χ3v) is 5.23. The molecule has 2 rings (SSSR count). The van der Waals surface area contributed by atoms with E-state index in [2.05, 4.69) is 10.5 Å². The second-order valence-corrected chi connectivity index (χ2v) is 8.24. The molecule has 2 aromatic carbocycles. The zero-order valence-corrected chi connectivity index (χ0v) is 16.2. The summed E-state index contributed by atoms with van der Waals surface area (Å²) in [5.41, 5.74) is 3.51. The average Bonchev–Trinajstić information content (AvgIpc) is 2.57. The smallest absolute Gasteiger partial charge is 0.255 e. The van der Waals surface area contributed by atoms with Gasteiger partial charge in [-0.1, -0.05) is 59.6 Å². The number of hydrazone groups is 1. The van der Waals surface area contributed by atoms with E-state index >= 15 is 0 Å². The number of amides is 1. The number of hydrogen-bond acceptors (Lipinski definition) is 4. The molecule has 0 saturated carbocycles. The third kappa shape index (κ3) is 6.10. The number of benzene rings is 2. The van der Waals surface area contributed by atoms with Crippen LogP contribution < -0.4 is 5.43 Å². The molecule has 0 aromatic heterocycles. The van der Waals surface area contributed by atoms with Crippen LogP contribution in [0, 0.1) is 0 Å². The molecule has 0 saturated heterocycles. The van der Waals surface area contributed by atoms with Gasteiger partial charge in [-0.15, -0.1) is 0 Å². The van der Waals surface area contributed by atoms with Gasteiger partial charge in [0, 0.05) is 12.1 Å². The van der Waals surface area contributed by atoms with Crippen LogP contribution in [0.4, 0.5) is 0 Å². The van der Waals surface area contributed by atoms with E-state index in [4.69, 9.17) is 23.2 Å². The number of carbonyl (C=O) groups excluding carboxylic acids is 1. The Morgan fingerprint density at radius 2 is 1.73 bits per heavy atom. The quantitative estimate of drug-likeness (QED) is 0.559. The van der Waals surface area contributed by atoms with E-state index in [0.29, 0.717) is 15.6 Å². The van der Waals surface area contributed by atoms with Gasteiger partial charge in [-0.2, -0.15) is 9.41 Å². The van der Waals surface area contributed by atoms with Gasteiger partial charge in [0.05, 0.1) is 29.1 Å². The molecule has 0 aliphatic heterocycles. The van der Waals surface area contributed by atoms with E-state index in [-0.39, 0.29) is 13.1 Å². The van der Waals surface area contributed by atoms with Crippen LogP contribution >= 0.6 is 23.2 Å². The van der Waals surface area contributed by atoms with Crippen molar-refractivity contribution in [3.63, 3.8) is 0 Å². The molecule has 2 aromatic rings. The van der Waals surface area contributed by atoms with Gasteiger partial charge >= 0.3 is 0 Å². The number of halogens is 2. The standard InChI is InChI=1S/C17H17Cl2N3O3S/c1-26(24,25)22(11-13-6-3-2-4-7-13)12-17(23)21-20-10-14-15(18)8-5-9-16(14)19/h2-10H,11-12H2,1H3,(H,21,23)/b20-10-. The highest BCUT2D eigenvalue weighted by Crippen LogP contribution is 2.21. The van der Waals surface area contributed by atoms with Crippen molar-refractivity contribution >= 4 is 45.3 Å². The summed E-state index contributed by atoms with van der Waals surface area (Å²) in [6.45, 7) is -0.269. The van der Waals surface area contributed by atoms with Gasteiger partial charge in [0.25, 0.3) is 5.91 Å². The lowest BCUT2D eigenvalue weighted by atomic mass is 10.2. The molecule has 0 atom stereocenters. The molecular formula is C17H17Cl2N3O3S. The maximum absolute atomic E-state index is 12.1. The second kappa shape index (κ2) is 9.14. The van der Waals surface area contributed by atoms with Gasteiger partial charge in [0.15, 0.2) is 0 Å². The lowest BCUT2D eigenvalue weighted by Gasteiger charge is -2.18. The second-order valence-electron chi connectivity index (χ2n) is 5.45. The Morgan fingerprint density at radius 3 is 2.31 bits per heavy atom. The molecule has 0 fully saturated rings. The SMILES string of the molecule is CS(=O)(=O)N(CC(=O)N/N=C\c1c(Cl)cccc1Cl)Cc1ccccc1. The number of carbonyl (C=O) groups is 1. The Kier molecular flexibility index (Phi) is 7.16. The van der Waals surface area contributed by atoms with Crippen LogP contribution in [-0.2, 0) is 21.4 Å². The van der Waals surface area contributed by atoms with Crippen molar-refractivity contribution in [2.75, 3.05) is 12.8 Å². The summed E-state index contributed by atoms with van der Waals surface area (Å²) in [5, 5.41) is 4.56. The number of hydrogen-bond donors (Lipinski definition) is 1. The van der Waals surface area contributed by atoms with Crippen molar-refractivity contribution in [1.82, 2.24) is 9.73 Å². The Labute approximate surface area is 162 Å².